The molecule has 1 saturated heterocycles. The van der Waals surface area contributed by atoms with Crippen molar-refractivity contribution < 1.29 is 4.79 Å². The van der Waals surface area contributed by atoms with Crippen molar-refractivity contribution >= 4 is 18.3 Å². The highest BCUT2D eigenvalue weighted by Gasteiger charge is 2.37. The Balaban J connectivity index is 0.00000144. The highest BCUT2D eigenvalue weighted by atomic mass is 35.5. The molecule has 2 atom stereocenters. The van der Waals surface area contributed by atoms with E-state index >= 15 is 0 Å². The number of halogens is 1. The van der Waals surface area contributed by atoms with Gasteiger partial charge in [0.15, 0.2) is 0 Å². The van der Waals surface area contributed by atoms with Gasteiger partial charge in [0.25, 0.3) is 0 Å². The molecule has 0 radical (unpaired) electrons. The van der Waals surface area contributed by atoms with E-state index in [-0.39, 0.29) is 24.0 Å². The van der Waals surface area contributed by atoms with Crippen LogP contribution in [-0.2, 0) is 4.79 Å². The van der Waals surface area contributed by atoms with Gasteiger partial charge in [-0.15, -0.1) is 12.4 Å². The smallest absolute Gasteiger partial charge is 0.223 e. The summed E-state index contributed by atoms with van der Waals surface area (Å²) in [6, 6.07) is 0.259. The number of carbonyl (C=O) groups excluding carboxylic acids is 1. The summed E-state index contributed by atoms with van der Waals surface area (Å²) < 4.78 is 0. The first kappa shape index (κ1) is 14.8. The zero-order valence-electron chi connectivity index (χ0n) is 10.9. The number of nitrogens with two attached hydrogens (primary N) is 1. The maximum Gasteiger partial charge on any atom is 0.223 e. The number of rotatable bonds is 2. The Hall–Kier alpha value is -0.280. The van der Waals surface area contributed by atoms with Gasteiger partial charge in [0.2, 0.25) is 5.91 Å². The van der Waals surface area contributed by atoms with Crippen molar-refractivity contribution in [2.75, 3.05) is 6.54 Å². The quantitative estimate of drug-likeness (QED) is 0.828. The molecule has 17 heavy (non-hydrogen) atoms. The molecule has 0 bridgehead atoms. The average Bonchev–Trinajstić information content (AvgIpc) is 2.73. The molecule has 1 aliphatic heterocycles. The summed E-state index contributed by atoms with van der Waals surface area (Å²) in [6.07, 6.45) is 6.39. The minimum atomic E-state index is 0. The standard InChI is InChI=1S/C13H24N2O.ClH/c1-13(2)7-4-8-15(13)12(16)9-10-5-3-6-11(10)14;/h10-11H,3-9,14H2,1-2H3;1H/t10-,11+;/m0./s1. The van der Waals surface area contributed by atoms with Crippen LogP contribution in [0.15, 0.2) is 0 Å². The number of nitrogens with zero attached hydrogens (tertiary/aromatic N) is 1. The lowest BCUT2D eigenvalue weighted by Crippen LogP contribution is -2.44. The monoisotopic (exact) mass is 260 g/mol. The van der Waals surface area contributed by atoms with Gasteiger partial charge >= 0.3 is 0 Å². The molecule has 0 aromatic rings. The van der Waals surface area contributed by atoms with Gasteiger partial charge in [0.1, 0.15) is 0 Å². The maximum absolute atomic E-state index is 12.2. The predicted molar refractivity (Wildman–Crippen MR) is 72.2 cm³/mol. The fourth-order valence-corrected chi connectivity index (χ4v) is 3.22. The first-order valence-corrected chi connectivity index (χ1v) is 6.57. The largest absolute Gasteiger partial charge is 0.338 e. The first-order valence-electron chi connectivity index (χ1n) is 6.57. The summed E-state index contributed by atoms with van der Waals surface area (Å²) >= 11 is 0. The third kappa shape index (κ3) is 3.14. The molecule has 0 unspecified atom stereocenters. The van der Waals surface area contributed by atoms with Crippen LogP contribution in [0.3, 0.4) is 0 Å². The summed E-state index contributed by atoms with van der Waals surface area (Å²) in [6.45, 7) is 5.28. The van der Waals surface area contributed by atoms with Gasteiger partial charge in [-0.05, 0) is 45.4 Å². The van der Waals surface area contributed by atoms with E-state index < -0.39 is 0 Å². The molecule has 100 valence electrons. The van der Waals surface area contributed by atoms with Gasteiger partial charge in [-0.3, -0.25) is 4.79 Å². The molecule has 4 heteroatoms. The molecule has 1 amide bonds. The molecule has 1 saturated carbocycles. The van der Waals surface area contributed by atoms with Crippen LogP contribution in [0.25, 0.3) is 0 Å². The Morgan fingerprint density at radius 3 is 2.53 bits per heavy atom. The van der Waals surface area contributed by atoms with E-state index in [1.807, 2.05) is 0 Å². The van der Waals surface area contributed by atoms with Crippen LogP contribution < -0.4 is 5.73 Å². The second kappa shape index (κ2) is 5.57. The van der Waals surface area contributed by atoms with Crippen molar-refractivity contribution in [3.05, 3.63) is 0 Å². The molecule has 2 fully saturated rings. The van der Waals surface area contributed by atoms with E-state index in [2.05, 4.69) is 18.7 Å². The molecule has 1 aliphatic carbocycles. The Kier molecular flexibility index (Phi) is 4.85. The molecular weight excluding hydrogens is 236 g/mol. The molecule has 2 rings (SSSR count). The second-order valence-electron chi connectivity index (χ2n) is 6.02. The van der Waals surface area contributed by atoms with Gasteiger partial charge in [-0.25, -0.2) is 0 Å². The SMILES string of the molecule is CC1(C)CCCN1C(=O)C[C@@H]1CCC[C@H]1N.Cl. The Morgan fingerprint density at radius 1 is 1.35 bits per heavy atom. The number of hydrogen-bond donors (Lipinski definition) is 1. The van der Waals surface area contributed by atoms with Crippen LogP contribution in [0.1, 0.15) is 52.4 Å². The third-order valence-corrected chi connectivity index (χ3v) is 4.36. The fourth-order valence-electron chi connectivity index (χ4n) is 3.22. The first-order chi connectivity index (χ1) is 7.50. The molecular formula is C13H25ClN2O. The van der Waals surface area contributed by atoms with Crippen LogP contribution in [-0.4, -0.2) is 28.9 Å². The van der Waals surface area contributed by atoms with E-state index in [1.165, 1.54) is 6.42 Å². The number of hydrogen-bond acceptors (Lipinski definition) is 2. The fraction of sp³-hybridized carbons (Fsp3) is 0.923. The lowest BCUT2D eigenvalue weighted by molar-refractivity contribution is -0.135. The van der Waals surface area contributed by atoms with Crippen LogP contribution >= 0.6 is 12.4 Å². The van der Waals surface area contributed by atoms with Gasteiger partial charge < -0.3 is 10.6 Å². The van der Waals surface area contributed by atoms with Crippen molar-refractivity contribution in [1.29, 1.82) is 0 Å². The Morgan fingerprint density at radius 2 is 2.06 bits per heavy atom. The van der Waals surface area contributed by atoms with Crippen molar-refractivity contribution in [2.24, 2.45) is 11.7 Å². The summed E-state index contributed by atoms with van der Waals surface area (Å²) in [7, 11) is 0. The molecule has 3 nitrogen and oxygen atoms in total. The minimum Gasteiger partial charge on any atom is -0.338 e. The lowest BCUT2D eigenvalue weighted by atomic mass is 9.97. The summed E-state index contributed by atoms with van der Waals surface area (Å²) in [5, 5.41) is 0. The van der Waals surface area contributed by atoms with Gasteiger partial charge in [0, 0.05) is 24.5 Å². The lowest BCUT2D eigenvalue weighted by Gasteiger charge is -2.33. The van der Waals surface area contributed by atoms with Gasteiger partial charge in [-0.1, -0.05) is 6.42 Å². The van der Waals surface area contributed by atoms with Crippen LogP contribution in [0.5, 0.6) is 0 Å². The molecule has 2 N–H and O–H groups in total. The summed E-state index contributed by atoms with van der Waals surface area (Å²) in [5.74, 6) is 0.758. The van der Waals surface area contributed by atoms with E-state index in [1.54, 1.807) is 0 Å². The highest BCUT2D eigenvalue weighted by molar-refractivity contribution is 5.85. The van der Waals surface area contributed by atoms with Crippen molar-refractivity contribution in [2.45, 2.75) is 64.0 Å². The van der Waals surface area contributed by atoms with Crippen LogP contribution in [0.4, 0.5) is 0 Å². The van der Waals surface area contributed by atoms with E-state index in [4.69, 9.17) is 5.73 Å². The number of likely N-dealkylation sites (tertiary alicyclic amines) is 1. The van der Waals surface area contributed by atoms with Crippen LogP contribution in [0.2, 0.25) is 0 Å². The molecule has 1 heterocycles. The number of carbonyl (C=O) groups is 1. The predicted octanol–water partition coefficient (Wildman–Crippen LogP) is 2.33. The maximum atomic E-state index is 12.2. The van der Waals surface area contributed by atoms with Crippen molar-refractivity contribution in [1.82, 2.24) is 4.90 Å². The summed E-state index contributed by atoms with van der Waals surface area (Å²) in [4.78, 5) is 14.3. The topological polar surface area (TPSA) is 46.3 Å². The van der Waals surface area contributed by atoms with Crippen molar-refractivity contribution in [3.8, 4) is 0 Å². The molecule has 0 aromatic carbocycles. The highest BCUT2D eigenvalue weighted by Crippen LogP contribution is 2.32. The molecule has 0 spiro atoms. The molecule has 0 aromatic heterocycles. The van der Waals surface area contributed by atoms with E-state index in [9.17, 15) is 4.79 Å². The Bertz CT molecular complexity index is 281. The Labute approximate surface area is 111 Å². The van der Waals surface area contributed by atoms with Gasteiger partial charge in [-0.2, -0.15) is 0 Å². The summed E-state index contributed by atoms with van der Waals surface area (Å²) in [5.41, 5.74) is 6.09. The van der Waals surface area contributed by atoms with E-state index in [0.717, 1.165) is 32.2 Å². The normalized spacial score (nSPS) is 31.4. The van der Waals surface area contributed by atoms with E-state index in [0.29, 0.717) is 18.2 Å². The zero-order chi connectivity index (χ0) is 11.8. The third-order valence-electron chi connectivity index (χ3n) is 4.36. The molecule has 2 aliphatic rings. The minimum absolute atomic E-state index is 0. The van der Waals surface area contributed by atoms with Gasteiger partial charge in [0.05, 0.1) is 0 Å². The number of amides is 1. The average molecular weight is 261 g/mol. The van der Waals surface area contributed by atoms with Crippen molar-refractivity contribution in [3.63, 3.8) is 0 Å². The second-order valence-corrected chi connectivity index (χ2v) is 6.02. The zero-order valence-corrected chi connectivity index (χ0v) is 11.8. The van der Waals surface area contributed by atoms with Crippen LogP contribution in [0, 0.1) is 5.92 Å².